The molecule has 0 bridgehead atoms. The Hall–Kier alpha value is -3.04. The monoisotopic (exact) mass is 468 g/mol. The maximum atomic E-state index is 11.6. The summed E-state index contributed by atoms with van der Waals surface area (Å²) in [6.45, 7) is 5.82. The van der Waals surface area contributed by atoms with Crippen LogP contribution in [-0.4, -0.2) is 38.2 Å². The standard InChI is InChI=1S/C24H28N4O4S/c1-14-9-15(11-16(10-14)27-22-25-8-6-19(28-22)32-4)18-12-26-21(33-18)24(31)7-5-17(20(29)30)23(2,3)13-24/h6,8-12,17,31H,5,7,13H2,1-4H3,(H,29,30)(H,25,27,28)/t17-,24-/m0/s1. The van der Waals surface area contributed by atoms with Crippen molar-refractivity contribution in [3.8, 4) is 16.3 Å². The molecule has 0 radical (unpaired) electrons. The summed E-state index contributed by atoms with van der Waals surface area (Å²) >= 11 is 1.44. The van der Waals surface area contributed by atoms with Crippen molar-refractivity contribution in [2.75, 3.05) is 12.4 Å². The lowest BCUT2D eigenvalue weighted by Gasteiger charge is -2.44. The van der Waals surface area contributed by atoms with E-state index in [1.54, 1.807) is 25.6 Å². The quantitative estimate of drug-likeness (QED) is 0.474. The lowest BCUT2D eigenvalue weighted by molar-refractivity contribution is -0.154. The van der Waals surface area contributed by atoms with Crippen molar-refractivity contribution in [2.24, 2.45) is 11.3 Å². The Labute approximate surface area is 196 Å². The van der Waals surface area contributed by atoms with Gasteiger partial charge in [0.1, 0.15) is 10.6 Å². The molecule has 0 amide bonds. The first-order valence-corrected chi connectivity index (χ1v) is 11.6. The van der Waals surface area contributed by atoms with E-state index in [1.807, 2.05) is 32.9 Å². The van der Waals surface area contributed by atoms with Crippen LogP contribution in [0, 0.1) is 18.3 Å². The van der Waals surface area contributed by atoms with Crippen molar-refractivity contribution in [1.29, 1.82) is 0 Å². The third kappa shape index (κ3) is 4.84. The molecule has 9 heteroatoms. The van der Waals surface area contributed by atoms with E-state index < -0.39 is 22.9 Å². The highest BCUT2D eigenvalue weighted by molar-refractivity contribution is 7.15. The Morgan fingerprint density at radius 2 is 2.06 bits per heavy atom. The summed E-state index contributed by atoms with van der Waals surface area (Å²) < 4.78 is 5.16. The second kappa shape index (κ2) is 8.72. The van der Waals surface area contributed by atoms with Gasteiger partial charge in [-0.05, 0) is 54.9 Å². The number of carbonyl (C=O) groups is 1. The van der Waals surface area contributed by atoms with Gasteiger partial charge in [0.2, 0.25) is 11.8 Å². The summed E-state index contributed by atoms with van der Waals surface area (Å²) in [5.74, 6) is -0.369. The number of anilines is 2. The second-order valence-corrected chi connectivity index (χ2v) is 10.3. The maximum Gasteiger partial charge on any atom is 0.307 e. The van der Waals surface area contributed by atoms with Crippen LogP contribution in [-0.2, 0) is 10.4 Å². The maximum absolute atomic E-state index is 11.6. The molecule has 1 aliphatic carbocycles. The minimum absolute atomic E-state index is 0.359. The smallest absolute Gasteiger partial charge is 0.307 e. The molecule has 1 aromatic carbocycles. The largest absolute Gasteiger partial charge is 0.481 e. The minimum atomic E-state index is -1.13. The number of benzene rings is 1. The average Bonchev–Trinajstić information content (AvgIpc) is 3.24. The van der Waals surface area contributed by atoms with Crippen molar-refractivity contribution in [3.63, 3.8) is 0 Å². The van der Waals surface area contributed by atoms with Gasteiger partial charge in [-0.1, -0.05) is 19.9 Å². The number of aliphatic carboxylic acids is 1. The molecule has 2 heterocycles. The van der Waals surface area contributed by atoms with Gasteiger partial charge in [-0.15, -0.1) is 11.3 Å². The Balaban J connectivity index is 1.59. The van der Waals surface area contributed by atoms with Crippen LogP contribution < -0.4 is 10.1 Å². The molecule has 0 spiro atoms. The Morgan fingerprint density at radius 3 is 2.76 bits per heavy atom. The van der Waals surface area contributed by atoms with E-state index in [1.165, 1.54) is 11.3 Å². The summed E-state index contributed by atoms with van der Waals surface area (Å²) in [6, 6.07) is 7.73. The SMILES string of the molecule is COc1ccnc(Nc2cc(C)cc(-c3cnc([C@]4(O)CC[C@@H](C(=O)O)C(C)(C)C4)s3)c2)n1. The van der Waals surface area contributed by atoms with Crippen molar-refractivity contribution in [1.82, 2.24) is 15.0 Å². The first-order chi connectivity index (χ1) is 15.6. The van der Waals surface area contributed by atoms with Crippen molar-refractivity contribution < 1.29 is 19.7 Å². The Morgan fingerprint density at radius 1 is 1.27 bits per heavy atom. The lowest BCUT2D eigenvalue weighted by atomic mass is 9.63. The number of ether oxygens (including phenoxy) is 1. The zero-order chi connectivity index (χ0) is 23.8. The third-order valence-corrected chi connectivity index (χ3v) is 7.44. The topological polar surface area (TPSA) is 117 Å². The van der Waals surface area contributed by atoms with Crippen LogP contribution in [0.15, 0.2) is 36.7 Å². The number of nitrogens with zero attached hydrogens (tertiary/aromatic N) is 3. The number of aryl methyl sites for hydroxylation is 1. The molecule has 0 aliphatic heterocycles. The van der Waals surface area contributed by atoms with Gasteiger partial charge in [0.25, 0.3) is 0 Å². The molecule has 0 saturated heterocycles. The van der Waals surface area contributed by atoms with Gasteiger partial charge in [-0.25, -0.2) is 9.97 Å². The predicted molar refractivity (Wildman–Crippen MR) is 127 cm³/mol. The number of methoxy groups -OCH3 is 1. The van der Waals surface area contributed by atoms with E-state index in [2.05, 4.69) is 26.3 Å². The Bertz CT molecular complexity index is 1180. The fourth-order valence-electron chi connectivity index (χ4n) is 4.64. The number of thiazole rings is 1. The van der Waals surface area contributed by atoms with Gasteiger partial charge < -0.3 is 20.3 Å². The second-order valence-electron chi connectivity index (χ2n) is 9.29. The summed E-state index contributed by atoms with van der Waals surface area (Å²) in [4.78, 5) is 25.6. The molecule has 1 saturated carbocycles. The van der Waals surface area contributed by atoms with E-state index in [-0.39, 0.29) is 0 Å². The highest BCUT2D eigenvalue weighted by atomic mass is 32.1. The molecule has 4 rings (SSSR count). The van der Waals surface area contributed by atoms with Crippen LogP contribution in [0.4, 0.5) is 11.6 Å². The highest BCUT2D eigenvalue weighted by Gasteiger charge is 2.49. The number of hydrogen-bond donors (Lipinski definition) is 3. The number of nitrogens with one attached hydrogen (secondary N) is 1. The number of carboxylic acids is 1. The molecule has 33 heavy (non-hydrogen) atoms. The fourth-order valence-corrected chi connectivity index (χ4v) is 5.66. The van der Waals surface area contributed by atoms with E-state index in [4.69, 9.17) is 4.74 Å². The predicted octanol–water partition coefficient (Wildman–Crippen LogP) is 4.76. The average molecular weight is 469 g/mol. The summed E-state index contributed by atoms with van der Waals surface area (Å²) in [5.41, 5.74) is 1.19. The number of carboxylic acid groups (broad SMARTS) is 1. The van der Waals surface area contributed by atoms with Crippen LogP contribution in [0.2, 0.25) is 0 Å². The van der Waals surface area contributed by atoms with Gasteiger partial charge >= 0.3 is 5.97 Å². The number of hydrogen-bond acceptors (Lipinski definition) is 8. The normalized spacial score (nSPS) is 22.0. The molecule has 1 aliphatic rings. The minimum Gasteiger partial charge on any atom is -0.481 e. The molecule has 174 valence electrons. The van der Waals surface area contributed by atoms with Crippen molar-refractivity contribution in [2.45, 2.75) is 45.6 Å². The van der Waals surface area contributed by atoms with Gasteiger partial charge in [0, 0.05) is 24.1 Å². The molecule has 3 aromatic rings. The first-order valence-electron chi connectivity index (χ1n) is 10.8. The summed E-state index contributed by atoms with van der Waals surface area (Å²) in [5, 5.41) is 24.8. The van der Waals surface area contributed by atoms with Crippen LogP contribution in [0.5, 0.6) is 5.88 Å². The van der Waals surface area contributed by atoms with Gasteiger partial charge in [0.15, 0.2) is 0 Å². The van der Waals surface area contributed by atoms with E-state index in [0.717, 1.165) is 21.7 Å². The fraction of sp³-hybridized carbons (Fsp3) is 0.417. The zero-order valence-corrected chi connectivity index (χ0v) is 19.9. The number of aliphatic hydroxyl groups is 1. The molecule has 2 aromatic heterocycles. The number of rotatable bonds is 6. The van der Waals surface area contributed by atoms with E-state index in [9.17, 15) is 15.0 Å². The van der Waals surface area contributed by atoms with E-state index >= 15 is 0 Å². The molecule has 8 nitrogen and oxygen atoms in total. The van der Waals surface area contributed by atoms with Crippen LogP contribution in [0.3, 0.4) is 0 Å². The molecule has 0 unspecified atom stereocenters. The van der Waals surface area contributed by atoms with Crippen LogP contribution in [0.1, 0.15) is 43.7 Å². The molecule has 1 fully saturated rings. The van der Waals surface area contributed by atoms with E-state index in [0.29, 0.717) is 36.1 Å². The lowest BCUT2D eigenvalue weighted by Crippen LogP contribution is -2.44. The van der Waals surface area contributed by atoms with Crippen LogP contribution >= 0.6 is 11.3 Å². The third-order valence-electron chi connectivity index (χ3n) is 6.20. The zero-order valence-electron chi connectivity index (χ0n) is 19.1. The van der Waals surface area contributed by atoms with Gasteiger partial charge in [-0.3, -0.25) is 4.79 Å². The Kier molecular flexibility index (Phi) is 6.11. The van der Waals surface area contributed by atoms with Crippen LogP contribution in [0.25, 0.3) is 10.4 Å². The highest BCUT2D eigenvalue weighted by Crippen LogP contribution is 2.50. The number of aromatic nitrogens is 3. The first kappa shape index (κ1) is 23.1. The molecule has 3 N–H and O–H groups in total. The van der Waals surface area contributed by atoms with Gasteiger partial charge in [0.05, 0.1) is 17.9 Å². The van der Waals surface area contributed by atoms with Crippen molar-refractivity contribution in [3.05, 3.63) is 47.2 Å². The van der Waals surface area contributed by atoms with Gasteiger partial charge in [-0.2, -0.15) is 4.98 Å². The molecule has 2 atom stereocenters. The molecular formula is C24H28N4O4S. The molecular weight excluding hydrogens is 440 g/mol. The summed E-state index contributed by atoms with van der Waals surface area (Å²) in [7, 11) is 1.56. The van der Waals surface area contributed by atoms with Crippen molar-refractivity contribution >= 4 is 28.9 Å². The summed E-state index contributed by atoms with van der Waals surface area (Å²) in [6.07, 6.45) is 4.56.